The van der Waals surface area contributed by atoms with Crippen LogP contribution in [-0.4, -0.2) is 20.5 Å². The summed E-state index contributed by atoms with van der Waals surface area (Å²) in [5.74, 6) is -0.972. The summed E-state index contributed by atoms with van der Waals surface area (Å²) < 4.78 is 1.86. The number of aromatic carboxylic acids is 1. The van der Waals surface area contributed by atoms with Crippen LogP contribution in [0.3, 0.4) is 0 Å². The van der Waals surface area contributed by atoms with E-state index in [-0.39, 0.29) is 5.69 Å². The summed E-state index contributed by atoms with van der Waals surface area (Å²) in [6.07, 6.45) is 2.47. The second-order valence-electron chi connectivity index (χ2n) is 3.04. The molecule has 5 heteroatoms. The second-order valence-corrected chi connectivity index (χ2v) is 4.22. The Hall–Kier alpha value is -1.36. The van der Waals surface area contributed by atoms with Crippen LogP contribution < -0.4 is 0 Å². The SMILES string of the molecule is CCc1c(C)sc2nc(C(=O)O)cn12. The van der Waals surface area contributed by atoms with Gasteiger partial charge in [0.15, 0.2) is 10.7 Å². The van der Waals surface area contributed by atoms with Gasteiger partial charge in [-0.05, 0) is 13.3 Å². The van der Waals surface area contributed by atoms with Crippen LogP contribution in [0, 0.1) is 6.92 Å². The molecule has 0 atom stereocenters. The van der Waals surface area contributed by atoms with E-state index in [0.29, 0.717) is 0 Å². The van der Waals surface area contributed by atoms with Gasteiger partial charge in [0, 0.05) is 16.8 Å². The molecule has 0 radical (unpaired) electrons. The molecule has 0 amide bonds. The minimum absolute atomic E-state index is 0.117. The predicted molar refractivity (Wildman–Crippen MR) is 54.1 cm³/mol. The van der Waals surface area contributed by atoms with Gasteiger partial charge in [-0.25, -0.2) is 9.78 Å². The van der Waals surface area contributed by atoms with E-state index in [1.54, 1.807) is 6.20 Å². The van der Waals surface area contributed by atoms with Gasteiger partial charge >= 0.3 is 5.97 Å². The number of fused-ring (bicyclic) bond motifs is 1. The van der Waals surface area contributed by atoms with E-state index in [0.717, 1.165) is 17.1 Å². The number of carbonyl (C=O) groups is 1. The lowest BCUT2D eigenvalue weighted by Gasteiger charge is -1.93. The molecule has 0 unspecified atom stereocenters. The topological polar surface area (TPSA) is 54.6 Å². The van der Waals surface area contributed by atoms with Crippen LogP contribution in [0.4, 0.5) is 0 Å². The first-order valence-electron chi connectivity index (χ1n) is 4.34. The molecule has 0 saturated carbocycles. The molecule has 14 heavy (non-hydrogen) atoms. The fourth-order valence-electron chi connectivity index (χ4n) is 1.52. The third-order valence-corrected chi connectivity index (χ3v) is 3.18. The maximum atomic E-state index is 10.7. The summed E-state index contributed by atoms with van der Waals surface area (Å²) in [4.78, 5) is 16.7. The maximum Gasteiger partial charge on any atom is 0.356 e. The van der Waals surface area contributed by atoms with Crippen LogP contribution in [0.15, 0.2) is 6.20 Å². The van der Waals surface area contributed by atoms with Crippen molar-refractivity contribution in [1.29, 1.82) is 0 Å². The Labute approximate surface area is 84.8 Å². The van der Waals surface area contributed by atoms with Crippen molar-refractivity contribution < 1.29 is 9.90 Å². The fraction of sp³-hybridized carbons (Fsp3) is 0.333. The molecule has 74 valence electrons. The van der Waals surface area contributed by atoms with Gasteiger partial charge in [-0.3, -0.25) is 4.40 Å². The molecule has 0 fully saturated rings. The lowest BCUT2D eigenvalue weighted by Crippen LogP contribution is -1.96. The van der Waals surface area contributed by atoms with Crippen molar-refractivity contribution in [3.05, 3.63) is 22.5 Å². The molecule has 2 heterocycles. The van der Waals surface area contributed by atoms with E-state index in [1.807, 2.05) is 11.3 Å². The predicted octanol–water partition coefficient (Wildman–Crippen LogP) is 1.96. The molecule has 4 nitrogen and oxygen atoms in total. The minimum Gasteiger partial charge on any atom is -0.476 e. The Morgan fingerprint density at radius 1 is 1.71 bits per heavy atom. The number of nitrogens with zero attached hydrogens (tertiary/aromatic N) is 2. The first kappa shape index (κ1) is 9.21. The zero-order valence-electron chi connectivity index (χ0n) is 7.94. The standard InChI is InChI=1S/C9H10N2O2S/c1-3-7-5(2)14-9-10-6(8(12)13)4-11(7)9/h4H,3H2,1-2H3,(H,12,13). The number of aromatic nitrogens is 2. The second kappa shape index (κ2) is 3.09. The highest BCUT2D eigenvalue weighted by atomic mass is 32.1. The average Bonchev–Trinajstić information content (AvgIpc) is 2.60. The monoisotopic (exact) mass is 210 g/mol. The molecule has 0 aromatic carbocycles. The summed E-state index contributed by atoms with van der Waals surface area (Å²) in [5.41, 5.74) is 1.26. The van der Waals surface area contributed by atoms with E-state index < -0.39 is 5.97 Å². The summed E-state index contributed by atoms with van der Waals surface area (Å²) in [5, 5.41) is 8.77. The first-order chi connectivity index (χ1) is 6.63. The first-order valence-corrected chi connectivity index (χ1v) is 5.15. The number of rotatable bonds is 2. The largest absolute Gasteiger partial charge is 0.476 e. The van der Waals surface area contributed by atoms with Crippen molar-refractivity contribution >= 4 is 22.3 Å². The smallest absolute Gasteiger partial charge is 0.356 e. The quantitative estimate of drug-likeness (QED) is 0.824. The highest BCUT2D eigenvalue weighted by Gasteiger charge is 2.13. The third-order valence-electron chi connectivity index (χ3n) is 2.17. The lowest BCUT2D eigenvalue weighted by atomic mass is 10.3. The zero-order chi connectivity index (χ0) is 10.3. The molecular weight excluding hydrogens is 200 g/mol. The van der Waals surface area contributed by atoms with Crippen molar-refractivity contribution in [2.75, 3.05) is 0 Å². The molecule has 1 N–H and O–H groups in total. The molecule has 0 saturated heterocycles. The number of hydrogen-bond donors (Lipinski definition) is 1. The molecule has 2 aromatic rings. The Morgan fingerprint density at radius 2 is 2.43 bits per heavy atom. The average molecular weight is 210 g/mol. The van der Waals surface area contributed by atoms with Crippen molar-refractivity contribution in [3.8, 4) is 0 Å². The summed E-state index contributed by atoms with van der Waals surface area (Å²) >= 11 is 1.53. The molecule has 0 aliphatic heterocycles. The van der Waals surface area contributed by atoms with Gasteiger partial charge < -0.3 is 5.11 Å². The number of hydrogen-bond acceptors (Lipinski definition) is 3. The van der Waals surface area contributed by atoms with Gasteiger partial charge in [-0.15, -0.1) is 11.3 Å². The van der Waals surface area contributed by atoms with Crippen molar-refractivity contribution in [3.63, 3.8) is 0 Å². The Morgan fingerprint density at radius 3 is 3.00 bits per heavy atom. The Balaban J connectivity index is 2.68. The van der Waals surface area contributed by atoms with Crippen LogP contribution in [0.1, 0.15) is 28.0 Å². The van der Waals surface area contributed by atoms with Gasteiger partial charge in [0.2, 0.25) is 0 Å². The van der Waals surface area contributed by atoms with Gasteiger partial charge in [0.25, 0.3) is 0 Å². The minimum atomic E-state index is -0.972. The molecule has 0 bridgehead atoms. The number of imidazole rings is 1. The van der Waals surface area contributed by atoms with Crippen molar-refractivity contribution in [1.82, 2.24) is 9.38 Å². The normalized spacial score (nSPS) is 11.0. The molecular formula is C9H10N2O2S. The summed E-state index contributed by atoms with van der Waals surface area (Å²) in [7, 11) is 0. The number of carboxylic acid groups (broad SMARTS) is 1. The van der Waals surface area contributed by atoms with Gasteiger partial charge in [0.1, 0.15) is 0 Å². The van der Waals surface area contributed by atoms with Gasteiger partial charge in [-0.1, -0.05) is 6.92 Å². The van der Waals surface area contributed by atoms with Gasteiger partial charge in [-0.2, -0.15) is 0 Å². The van der Waals surface area contributed by atoms with E-state index >= 15 is 0 Å². The van der Waals surface area contributed by atoms with Crippen LogP contribution in [0.5, 0.6) is 0 Å². The summed E-state index contributed by atoms with van der Waals surface area (Å²) in [6, 6.07) is 0. The molecule has 0 spiro atoms. The fourth-order valence-corrected chi connectivity index (χ4v) is 2.56. The molecule has 0 aliphatic rings. The Bertz CT molecular complexity index is 498. The lowest BCUT2D eigenvalue weighted by molar-refractivity contribution is 0.0691. The third kappa shape index (κ3) is 1.21. The zero-order valence-corrected chi connectivity index (χ0v) is 8.76. The number of thiazole rings is 1. The molecule has 2 rings (SSSR count). The van der Waals surface area contributed by atoms with E-state index in [1.165, 1.54) is 16.2 Å². The van der Waals surface area contributed by atoms with Crippen LogP contribution in [0.2, 0.25) is 0 Å². The van der Waals surface area contributed by atoms with Crippen LogP contribution >= 0.6 is 11.3 Å². The maximum absolute atomic E-state index is 10.7. The van der Waals surface area contributed by atoms with Crippen molar-refractivity contribution in [2.24, 2.45) is 0 Å². The van der Waals surface area contributed by atoms with Crippen LogP contribution in [0.25, 0.3) is 4.96 Å². The molecule has 0 aliphatic carbocycles. The van der Waals surface area contributed by atoms with Crippen molar-refractivity contribution in [2.45, 2.75) is 20.3 Å². The highest BCUT2D eigenvalue weighted by Crippen LogP contribution is 2.22. The van der Waals surface area contributed by atoms with E-state index in [4.69, 9.17) is 5.11 Å². The van der Waals surface area contributed by atoms with Crippen LogP contribution in [-0.2, 0) is 6.42 Å². The van der Waals surface area contributed by atoms with Gasteiger partial charge in [0.05, 0.1) is 0 Å². The highest BCUT2D eigenvalue weighted by molar-refractivity contribution is 7.17. The number of aryl methyl sites for hydroxylation is 2. The van der Waals surface area contributed by atoms with E-state index in [9.17, 15) is 4.79 Å². The molecule has 2 aromatic heterocycles. The number of carboxylic acids is 1. The summed E-state index contributed by atoms with van der Waals surface area (Å²) in [6.45, 7) is 4.08. The van der Waals surface area contributed by atoms with E-state index in [2.05, 4.69) is 11.9 Å². The Kier molecular flexibility index (Phi) is 2.03.